The highest BCUT2D eigenvalue weighted by Gasteiger charge is 1.98. The summed E-state index contributed by atoms with van der Waals surface area (Å²) in [5.74, 6) is 1.07. The number of thiol groups is 1. The zero-order chi connectivity index (χ0) is 35.2. The van der Waals surface area contributed by atoms with E-state index in [0.29, 0.717) is 0 Å². The normalized spacial score (nSPS) is 11.6. The lowest BCUT2D eigenvalue weighted by Crippen LogP contribution is -1.85. The van der Waals surface area contributed by atoms with Crippen LogP contribution in [0.25, 0.3) is 0 Å². The van der Waals surface area contributed by atoms with Crippen LogP contribution in [0.5, 0.6) is 0 Å². The summed E-state index contributed by atoms with van der Waals surface area (Å²) in [4.78, 5) is 0. The fourth-order valence-electron chi connectivity index (χ4n) is 7.96. The SMILES string of the molecule is CCCCCCCCCCCCCCCCCCCCCCCCCCCCCCCCCCCCCCCCCCCCCCCCS. The van der Waals surface area contributed by atoms with Gasteiger partial charge in [0.15, 0.2) is 0 Å². The van der Waals surface area contributed by atoms with Crippen LogP contribution < -0.4 is 0 Å². The molecule has 0 aliphatic carbocycles. The second kappa shape index (κ2) is 48.3. The van der Waals surface area contributed by atoms with Gasteiger partial charge in [0.1, 0.15) is 0 Å². The standard InChI is InChI=1S/C48H98S/c1-2-3-4-5-6-7-8-9-10-11-12-13-14-15-16-17-18-19-20-21-22-23-24-25-26-27-28-29-30-31-32-33-34-35-36-37-38-39-40-41-42-43-44-45-46-47-48-49/h49H,2-48H2,1H3. The van der Waals surface area contributed by atoms with Gasteiger partial charge in [0.05, 0.1) is 0 Å². The fraction of sp³-hybridized carbons (Fsp3) is 1.00. The molecule has 49 heavy (non-hydrogen) atoms. The maximum atomic E-state index is 4.30. The molecule has 0 heterocycles. The van der Waals surface area contributed by atoms with Gasteiger partial charge in [-0.25, -0.2) is 0 Å². The zero-order valence-electron chi connectivity index (χ0n) is 34.7. The van der Waals surface area contributed by atoms with E-state index in [2.05, 4.69) is 19.6 Å². The molecule has 0 fully saturated rings. The molecule has 0 amide bonds. The summed E-state index contributed by atoms with van der Waals surface area (Å²) in [6.07, 6.45) is 68.0. The minimum Gasteiger partial charge on any atom is -0.179 e. The van der Waals surface area contributed by atoms with Gasteiger partial charge in [0.2, 0.25) is 0 Å². The third-order valence-electron chi connectivity index (χ3n) is 11.5. The maximum absolute atomic E-state index is 4.30. The largest absolute Gasteiger partial charge is 0.179 e. The van der Waals surface area contributed by atoms with Gasteiger partial charge in [-0.3, -0.25) is 0 Å². The topological polar surface area (TPSA) is 0 Å². The minimum absolute atomic E-state index is 1.07. The van der Waals surface area contributed by atoms with Crippen LogP contribution in [-0.4, -0.2) is 5.75 Å². The second-order valence-corrected chi connectivity index (χ2v) is 17.1. The van der Waals surface area contributed by atoms with Crippen molar-refractivity contribution in [3.05, 3.63) is 0 Å². The fourth-order valence-corrected chi connectivity index (χ4v) is 8.19. The lowest BCUT2D eigenvalue weighted by atomic mass is 10.0. The Morgan fingerprint density at radius 1 is 0.163 bits per heavy atom. The van der Waals surface area contributed by atoms with Crippen LogP contribution >= 0.6 is 12.6 Å². The average Bonchev–Trinajstić information content (AvgIpc) is 3.11. The van der Waals surface area contributed by atoms with Crippen molar-refractivity contribution < 1.29 is 0 Å². The van der Waals surface area contributed by atoms with Crippen molar-refractivity contribution in [2.75, 3.05) is 5.75 Å². The monoisotopic (exact) mass is 707 g/mol. The van der Waals surface area contributed by atoms with Crippen molar-refractivity contribution in [1.29, 1.82) is 0 Å². The quantitative estimate of drug-likeness (QED) is 0.0473. The van der Waals surface area contributed by atoms with E-state index in [9.17, 15) is 0 Å². The molecule has 296 valence electrons. The Hall–Kier alpha value is 0.350. The van der Waals surface area contributed by atoms with Gasteiger partial charge in [-0.15, -0.1) is 0 Å². The highest BCUT2D eigenvalue weighted by atomic mass is 32.1. The second-order valence-electron chi connectivity index (χ2n) is 16.6. The molecule has 0 bridgehead atoms. The molecule has 0 nitrogen and oxygen atoms in total. The van der Waals surface area contributed by atoms with Crippen LogP contribution in [0.3, 0.4) is 0 Å². The van der Waals surface area contributed by atoms with Crippen LogP contribution in [-0.2, 0) is 0 Å². The van der Waals surface area contributed by atoms with Crippen LogP contribution in [0.2, 0.25) is 0 Å². The summed E-state index contributed by atoms with van der Waals surface area (Å²) in [5, 5.41) is 0. The Bertz CT molecular complexity index is 483. The van der Waals surface area contributed by atoms with E-state index >= 15 is 0 Å². The van der Waals surface area contributed by atoms with Crippen LogP contribution in [0.1, 0.15) is 302 Å². The summed E-state index contributed by atoms with van der Waals surface area (Å²) < 4.78 is 0. The molecule has 0 radical (unpaired) electrons. The van der Waals surface area contributed by atoms with Gasteiger partial charge < -0.3 is 0 Å². The summed E-state index contributed by atoms with van der Waals surface area (Å²) in [5.41, 5.74) is 0. The van der Waals surface area contributed by atoms with Crippen molar-refractivity contribution in [3.63, 3.8) is 0 Å². The maximum Gasteiger partial charge on any atom is -0.00979 e. The highest BCUT2D eigenvalue weighted by Crippen LogP contribution is 2.18. The molecule has 0 N–H and O–H groups in total. The third-order valence-corrected chi connectivity index (χ3v) is 11.8. The first-order valence-electron chi connectivity index (χ1n) is 24.0. The first-order valence-corrected chi connectivity index (χ1v) is 24.7. The lowest BCUT2D eigenvalue weighted by Gasteiger charge is -2.05. The Labute approximate surface area is 319 Å². The van der Waals surface area contributed by atoms with E-state index in [1.54, 1.807) is 0 Å². The van der Waals surface area contributed by atoms with E-state index in [-0.39, 0.29) is 0 Å². The van der Waals surface area contributed by atoms with E-state index in [0.717, 1.165) is 5.75 Å². The summed E-state index contributed by atoms with van der Waals surface area (Å²) >= 11 is 4.30. The van der Waals surface area contributed by atoms with Gasteiger partial charge in [-0.1, -0.05) is 296 Å². The van der Waals surface area contributed by atoms with Crippen molar-refractivity contribution in [2.45, 2.75) is 302 Å². The van der Waals surface area contributed by atoms with Crippen LogP contribution in [0.15, 0.2) is 0 Å². The number of hydrogen-bond donors (Lipinski definition) is 1. The van der Waals surface area contributed by atoms with E-state index in [1.165, 1.54) is 295 Å². The van der Waals surface area contributed by atoms with Crippen molar-refractivity contribution in [1.82, 2.24) is 0 Å². The molecule has 0 spiro atoms. The van der Waals surface area contributed by atoms with E-state index in [4.69, 9.17) is 0 Å². The van der Waals surface area contributed by atoms with Crippen molar-refractivity contribution >= 4 is 12.6 Å². The molecular formula is C48H98S. The molecule has 0 saturated heterocycles. The Balaban J connectivity index is 3.04. The zero-order valence-corrected chi connectivity index (χ0v) is 35.6. The molecule has 0 atom stereocenters. The van der Waals surface area contributed by atoms with Crippen LogP contribution in [0.4, 0.5) is 0 Å². The van der Waals surface area contributed by atoms with Gasteiger partial charge in [0, 0.05) is 0 Å². The number of unbranched alkanes of at least 4 members (excludes halogenated alkanes) is 45. The van der Waals surface area contributed by atoms with Crippen molar-refractivity contribution in [3.8, 4) is 0 Å². The number of rotatable bonds is 46. The third kappa shape index (κ3) is 48.3. The first-order chi connectivity index (χ1) is 24.4. The van der Waals surface area contributed by atoms with Gasteiger partial charge in [-0.05, 0) is 12.2 Å². The minimum atomic E-state index is 1.07. The predicted octanol–water partition coefficient (Wildman–Crippen LogP) is 18.9. The Morgan fingerprint density at radius 2 is 0.265 bits per heavy atom. The van der Waals surface area contributed by atoms with E-state index < -0.39 is 0 Å². The molecule has 0 aromatic rings. The molecule has 0 rings (SSSR count). The first kappa shape index (κ1) is 49.4. The molecule has 0 aliphatic rings. The Morgan fingerprint density at radius 3 is 0.367 bits per heavy atom. The molecule has 0 aromatic heterocycles. The molecule has 0 aromatic carbocycles. The summed E-state index contributed by atoms with van der Waals surface area (Å²) in [6.45, 7) is 2.31. The van der Waals surface area contributed by atoms with Gasteiger partial charge >= 0.3 is 0 Å². The molecule has 0 aliphatic heterocycles. The highest BCUT2D eigenvalue weighted by molar-refractivity contribution is 7.80. The lowest BCUT2D eigenvalue weighted by molar-refractivity contribution is 0.508. The van der Waals surface area contributed by atoms with Gasteiger partial charge in [0.25, 0.3) is 0 Å². The average molecular weight is 707 g/mol. The predicted molar refractivity (Wildman–Crippen MR) is 232 cm³/mol. The molecule has 0 unspecified atom stereocenters. The molecule has 1 heteroatoms. The molecular weight excluding hydrogens is 609 g/mol. The molecule has 0 saturated carbocycles. The number of hydrogen-bond acceptors (Lipinski definition) is 1. The summed E-state index contributed by atoms with van der Waals surface area (Å²) in [7, 11) is 0. The smallest absolute Gasteiger partial charge is 0.00979 e. The van der Waals surface area contributed by atoms with Crippen LogP contribution in [0, 0.1) is 0 Å². The van der Waals surface area contributed by atoms with Gasteiger partial charge in [-0.2, -0.15) is 12.6 Å². The summed E-state index contributed by atoms with van der Waals surface area (Å²) in [6, 6.07) is 0. The van der Waals surface area contributed by atoms with Crippen molar-refractivity contribution in [2.24, 2.45) is 0 Å². The van der Waals surface area contributed by atoms with E-state index in [1.807, 2.05) is 0 Å². The Kier molecular flexibility index (Phi) is 48.7.